The first-order valence-corrected chi connectivity index (χ1v) is 6.87. The maximum Gasteiger partial charge on any atom is 0.345 e. The molecule has 0 spiro atoms. The van der Waals surface area contributed by atoms with Crippen molar-refractivity contribution >= 4 is 23.3 Å². The van der Waals surface area contributed by atoms with Crippen molar-refractivity contribution in [1.29, 1.82) is 0 Å². The fourth-order valence-corrected chi connectivity index (χ4v) is 1.90. The van der Waals surface area contributed by atoms with Crippen LogP contribution >= 0.6 is 0 Å². The molecule has 0 bridgehead atoms. The Balaban J connectivity index is 2.12. The Kier molecular flexibility index (Phi) is 5.68. The Morgan fingerprint density at radius 2 is 1.48 bits per heavy atom. The van der Waals surface area contributed by atoms with Crippen LogP contribution in [0.15, 0.2) is 24.3 Å². The summed E-state index contributed by atoms with van der Waals surface area (Å²) in [6.07, 6.45) is 0. The van der Waals surface area contributed by atoms with Crippen LogP contribution < -0.4 is 5.32 Å². The van der Waals surface area contributed by atoms with Gasteiger partial charge < -0.3 is 10.1 Å². The standard InChI is InChI=1S/C15H7F5N2O5/c16-9-10(17)12(19)14(13(20)11(9)18)21-8(23)5-27-15(24)6-3-1-2-4-7(6)22(25)26/h1-4H,5H2,(H,21,23). The average molecular weight is 390 g/mol. The van der Waals surface area contributed by atoms with Crippen LogP contribution in [0, 0.1) is 39.2 Å². The molecule has 0 aliphatic carbocycles. The zero-order valence-corrected chi connectivity index (χ0v) is 12.9. The summed E-state index contributed by atoms with van der Waals surface area (Å²) < 4.78 is 70.4. The van der Waals surface area contributed by atoms with E-state index in [-0.39, 0.29) is 0 Å². The number of rotatable bonds is 5. The molecule has 2 rings (SSSR count). The van der Waals surface area contributed by atoms with Crippen molar-refractivity contribution < 1.29 is 41.2 Å². The van der Waals surface area contributed by atoms with E-state index in [0.717, 1.165) is 12.1 Å². The molecular weight excluding hydrogens is 383 g/mol. The van der Waals surface area contributed by atoms with Crippen LogP contribution in [-0.4, -0.2) is 23.4 Å². The van der Waals surface area contributed by atoms with Gasteiger partial charge in [-0.1, -0.05) is 12.1 Å². The Bertz CT molecular complexity index is 921. The van der Waals surface area contributed by atoms with Crippen LogP contribution in [0.1, 0.15) is 10.4 Å². The van der Waals surface area contributed by atoms with Crippen LogP contribution in [0.2, 0.25) is 0 Å². The van der Waals surface area contributed by atoms with Gasteiger partial charge in [0.1, 0.15) is 11.3 Å². The van der Waals surface area contributed by atoms with Crippen molar-refractivity contribution in [3.05, 3.63) is 69.0 Å². The van der Waals surface area contributed by atoms with E-state index >= 15 is 0 Å². The molecule has 0 aliphatic rings. The number of nitrogens with one attached hydrogen (secondary N) is 1. The van der Waals surface area contributed by atoms with Crippen LogP contribution in [0.5, 0.6) is 0 Å². The highest BCUT2D eigenvalue weighted by atomic mass is 19.2. The number of anilines is 1. The molecule has 2 aromatic rings. The Hall–Kier alpha value is -3.57. The Morgan fingerprint density at radius 3 is 2.04 bits per heavy atom. The molecule has 7 nitrogen and oxygen atoms in total. The number of ether oxygens (including phenoxy) is 1. The quantitative estimate of drug-likeness (QED) is 0.211. The lowest BCUT2D eigenvalue weighted by Crippen LogP contribution is -2.23. The van der Waals surface area contributed by atoms with E-state index in [1.165, 1.54) is 17.4 Å². The number of nitro benzene ring substituents is 1. The fourth-order valence-electron chi connectivity index (χ4n) is 1.90. The van der Waals surface area contributed by atoms with E-state index in [9.17, 15) is 41.7 Å². The number of esters is 1. The van der Waals surface area contributed by atoms with Crippen LogP contribution in [0.4, 0.5) is 33.3 Å². The van der Waals surface area contributed by atoms with Gasteiger partial charge in [-0.05, 0) is 6.07 Å². The molecule has 12 heteroatoms. The van der Waals surface area contributed by atoms with Gasteiger partial charge in [-0.3, -0.25) is 14.9 Å². The lowest BCUT2D eigenvalue weighted by atomic mass is 10.2. The van der Waals surface area contributed by atoms with Gasteiger partial charge in [0.2, 0.25) is 5.82 Å². The fraction of sp³-hybridized carbons (Fsp3) is 0.0667. The Labute approximate surface area is 146 Å². The number of nitrogens with zero attached hydrogens (tertiary/aromatic N) is 1. The van der Waals surface area contributed by atoms with Crippen LogP contribution in [0.25, 0.3) is 0 Å². The van der Waals surface area contributed by atoms with Gasteiger partial charge in [0.15, 0.2) is 29.9 Å². The highest BCUT2D eigenvalue weighted by molar-refractivity contribution is 5.97. The number of hydrogen-bond acceptors (Lipinski definition) is 5. The minimum absolute atomic E-state index is 0.508. The summed E-state index contributed by atoms with van der Waals surface area (Å²) in [4.78, 5) is 33.3. The monoisotopic (exact) mass is 390 g/mol. The second-order valence-electron chi connectivity index (χ2n) is 4.84. The molecule has 27 heavy (non-hydrogen) atoms. The minimum atomic E-state index is -2.41. The second-order valence-corrected chi connectivity index (χ2v) is 4.84. The number of carbonyl (C=O) groups excluding carboxylic acids is 2. The van der Waals surface area contributed by atoms with Gasteiger partial charge in [-0.15, -0.1) is 0 Å². The molecule has 0 heterocycles. The summed E-state index contributed by atoms with van der Waals surface area (Å²) in [5, 5.41) is 12.2. The van der Waals surface area contributed by atoms with Crippen molar-refractivity contribution in [3.63, 3.8) is 0 Å². The largest absolute Gasteiger partial charge is 0.452 e. The number of benzene rings is 2. The number of amides is 1. The smallest absolute Gasteiger partial charge is 0.345 e. The molecule has 0 aromatic heterocycles. The summed E-state index contributed by atoms with van der Waals surface area (Å²) >= 11 is 0. The maximum atomic E-state index is 13.5. The van der Waals surface area contributed by atoms with Gasteiger partial charge in [-0.25, -0.2) is 26.7 Å². The summed E-state index contributed by atoms with van der Waals surface area (Å²) in [6, 6.07) is 4.57. The van der Waals surface area contributed by atoms with Gasteiger partial charge in [0.05, 0.1) is 4.92 Å². The van der Waals surface area contributed by atoms with Crippen LogP contribution in [0.3, 0.4) is 0 Å². The molecule has 0 atom stereocenters. The zero-order chi connectivity index (χ0) is 20.3. The summed E-state index contributed by atoms with van der Waals surface area (Å²) in [5.41, 5.74) is -2.76. The maximum absolute atomic E-state index is 13.5. The number of carbonyl (C=O) groups is 2. The summed E-state index contributed by atoms with van der Waals surface area (Å²) in [7, 11) is 0. The third-order valence-electron chi connectivity index (χ3n) is 3.13. The van der Waals surface area contributed by atoms with Crippen LogP contribution in [-0.2, 0) is 9.53 Å². The third kappa shape index (κ3) is 3.99. The molecule has 0 saturated heterocycles. The van der Waals surface area contributed by atoms with E-state index in [1.54, 1.807) is 0 Å². The molecule has 0 saturated carbocycles. The zero-order valence-electron chi connectivity index (χ0n) is 12.9. The first-order valence-electron chi connectivity index (χ1n) is 6.87. The predicted octanol–water partition coefficient (Wildman–Crippen LogP) is 3.09. The van der Waals surface area contributed by atoms with E-state index in [1.807, 2.05) is 0 Å². The molecular formula is C15H7F5N2O5. The minimum Gasteiger partial charge on any atom is -0.452 e. The van der Waals surface area contributed by atoms with Crippen molar-refractivity contribution in [1.82, 2.24) is 0 Å². The lowest BCUT2D eigenvalue weighted by Gasteiger charge is -2.10. The highest BCUT2D eigenvalue weighted by Gasteiger charge is 2.27. The number of para-hydroxylation sites is 1. The molecule has 2 aromatic carbocycles. The van der Waals surface area contributed by atoms with Gasteiger partial charge in [-0.2, -0.15) is 0 Å². The topological polar surface area (TPSA) is 98.5 Å². The molecule has 1 amide bonds. The molecule has 0 aliphatic heterocycles. The van der Waals surface area contributed by atoms with E-state index in [4.69, 9.17) is 0 Å². The summed E-state index contributed by atoms with van der Waals surface area (Å²) in [6.45, 7) is -1.20. The first kappa shape index (κ1) is 19.8. The van der Waals surface area contributed by atoms with Crippen molar-refractivity contribution in [3.8, 4) is 0 Å². The highest BCUT2D eigenvalue weighted by Crippen LogP contribution is 2.27. The molecule has 142 valence electrons. The number of hydrogen-bond donors (Lipinski definition) is 1. The molecule has 0 fully saturated rings. The number of halogens is 5. The molecule has 1 N–H and O–H groups in total. The SMILES string of the molecule is O=C(COC(=O)c1ccccc1[N+](=O)[O-])Nc1c(F)c(F)c(F)c(F)c1F. The van der Waals surface area contributed by atoms with E-state index < -0.39 is 69.4 Å². The molecule has 0 radical (unpaired) electrons. The van der Waals surface area contributed by atoms with Crippen molar-refractivity contribution in [2.24, 2.45) is 0 Å². The Morgan fingerprint density at radius 1 is 0.963 bits per heavy atom. The third-order valence-corrected chi connectivity index (χ3v) is 3.13. The predicted molar refractivity (Wildman–Crippen MR) is 78.2 cm³/mol. The van der Waals surface area contributed by atoms with Crippen molar-refractivity contribution in [2.75, 3.05) is 11.9 Å². The second kappa shape index (κ2) is 7.76. The van der Waals surface area contributed by atoms with Gasteiger partial charge in [0.25, 0.3) is 11.6 Å². The average Bonchev–Trinajstić information content (AvgIpc) is 2.66. The van der Waals surface area contributed by atoms with E-state index in [0.29, 0.717) is 0 Å². The van der Waals surface area contributed by atoms with Gasteiger partial charge in [0, 0.05) is 6.07 Å². The van der Waals surface area contributed by atoms with E-state index in [2.05, 4.69) is 4.74 Å². The van der Waals surface area contributed by atoms with Crippen molar-refractivity contribution in [2.45, 2.75) is 0 Å². The first-order chi connectivity index (χ1) is 12.6. The van der Waals surface area contributed by atoms with Gasteiger partial charge >= 0.3 is 5.97 Å². The normalized spacial score (nSPS) is 10.4. The summed E-state index contributed by atoms with van der Waals surface area (Å²) in [5.74, 6) is -14.3. The lowest BCUT2D eigenvalue weighted by molar-refractivity contribution is -0.385. The number of nitro groups is 1. The molecule has 0 unspecified atom stereocenters.